The summed E-state index contributed by atoms with van der Waals surface area (Å²) in [5, 5.41) is 12.4. The number of aryl methyl sites for hydroxylation is 1. The van der Waals surface area contributed by atoms with Crippen molar-refractivity contribution in [1.82, 2.24) is 5.32 Å². The molecule has 2 rings (SSSR count). The Morgan fingerprint density at radius 2 is 1.88 bits per heavy atom. The number of hydrogen-bond donors (Lipinski definition) is 2. The molecular formula is C18H19F2NO3. The van der Waals surface area contributed by atoms with Crippen molar-refractivity contribution in [2.24, 2.45) is 0 Å². The van der Waals surface area contributed by atoms with Crippen LogP contribution < -0.4 is 10.1 Å². The highest BCUT2D eigenvalue weighted by Crippen LogP contribution is 2.15. The van der Waals surface area contributed by atoms with Crippen molar-refractivity contribution in [1.29, 1.82) is 0 Å². The summed E-state index contributed by atoms with van der Waals surface area (Å²) in [6, 6.07) is 10.7. The number of nitrogens with one attached hydrogen (secondary N) is 1. The standard InChI is InChI=1S/C18H19F2NO3/c1-12-2-4-13(5-3-12)8-18(23)21-10-14(22)11-24-15-6-7-16(19)17(20)9-15/h2-7,9,14,22H,8,10-11H2,1H3,(H,21,23). The maximum Gasteiger partial charge on any atom is 0.224 e. The summed E-state index contributed by atoms with van der Waals surface area (Å²) in [4.78, 5) is 11.8. The second-order valence-corrected chi connectivity index (χ2v) is 5.51. The molecule has 0 aliphatic heterocycles. The number of hydrogen-bond acceptors (Lipinski definition) is 3. The fourth-order valence-electron chi connectivity index (χ4n) is 2.00. The van der Waals surface area contributed by atoms with Crippen LogP contribution in [0.5, 0.6) is 5.75 Å². The molecule has 24 heavy (non-hydrogen) atoms. The molecule has 0 saturated carbocycles. The minimum absolute atomic E-state index is 0.00831. The van der Waals surface area contributed by atoms with E-state index in [9.17, 15) is 18.7 Å². The molecule has 1 amide bonds. The summed E-state index contributed by atoms with van der Waals surface area (Å²) in [7, 11) is 0. The van der Waals surface area contributed by atoms with Crippen molar-refractivity contribution < 1.29 is 23.4 Å². The Labute approximate surface area is 139 Å². The number of benzene rings is 2. The largest absolute Gasteiger partial charge is 0.491 e. The zero-order valence-corrected chi connectivity index (χ0v) is 13.3. The number of aliphatic hydroxyl groups excluding tert-OH is 1. The monoisotopic (exact) mass is 335 g/mol. The van der Waals surface area contributed by atoms with Gasteiger partial charge in [0.25, 0.3) is 0 Å². The molecule has 2 aromatic rings. The van der Waals surface area contributed by atoms with Crippen LogP contribution in [0.15, 0.2) is 42.5 Å². The first-order valence-corrected chi connectivity index (χ1v) is 7.52. The summed E-state index contributed by atoms with van der Waals surface area (Å²) in [6.07, 6.45) is -0.739. The van der Waals surface area contributed by atoms with Gasteiger partial charge in [-0.15, -0.1) is 0 Å². The Hall–Kier alpha value is -2.47. The van der Waals surface area contributed by atoms with E-state index in [1.807, 2.05) is 31.2 Å². The van der Waals surface area contributed by atoms with Crippen molar-refractivity contribution >= 4 is 5.91 Å². The molecule has 4 nitrogen and oxygen atoms in total. The van der Waals surface area contributed by atoms with Gasteiger partial charge in [0.15, 0.2) is 11.6 Å². The van der Waals surface area contributed by atoms with Crippen LogP contribution in [-0.2, 0) is 11.2 Å². The van der Waals surface area contributed by atoms with Crippen LogP contribution >= 0.6 is 0 Å². The normalized spacial score (nSPS) is 11.8. The molecule has 6 heteroatoms. The van der Waals surface area contributed by atoms with Crippen LogP contribution in [-0.4, -0.2) is 30.3 Å². The summed E-state index contributed by atoms with van der Waals surface area (Å²) < 4.78 is 31.0. The quantitative estimate of drug-likeness (QED) is 0.817. The number of carbonyl (C=O) groups excluding carboxylic acids is 1. The molecule has 0 saturated heterocycles. The number of rotatable bonds is 7. The predicted octanol–water partition coefficient (Wildman–Crippen LogP) is 2.37. The van der Waals surface area contributed by atoms with Crippen LogP contribution in [0.2, 0.25) is 0 Å². The fourth-order valence-corrected chi connectivity index (χ4v) is 2.00. The van der Waals surface area contributed by atoms with E-state index >= 15 is 0 Å². The van der Waals surface area contributed by atoms with Crippen LogP contribution in [0.25, 0.3) is 0 Å². The summed E-state index contributed by atoms with van der Waals surface area (Å²) in [6.45, 7) is 1.83. The zero-order valence-electron chi connectivity index (χ0n) is 13.3. The van der Waals surface area contributed by atoms with Gasteiger partial charge in [-0.25, -0.2) is 8.78 Å². The van der Waals surface area contributed by atoms with Gasteiger partial charge in [0.2, 0.25) is 5.91 Å². The summed E-state index contributed by atoms with van der Waals surface area (Å²) >= 11 is 0. The van der Waals surface area contributed by atoms with E-state index in [0.717, 1.165) is 23.3 Å². The van der Waals surface area contributed by atoms with E-state index in [1.165, 1.54) is 6.07 Å². The first-order valence-electron chi connectivity index (χ1n) is 7.52. The van der Waals surface area contributed by atoms with Gasteiger partial charge in [-0.3, -0.25) is 4.79 Å². The topological polar surface area (TPSA) is 58.6 Å². The molecule has 0 aromatic heterocycles. The van der Waals surface area contributed by atoms with Crippen molar-refractivity contribution in [2.45, 2.75) is 19.4 Å². The zero-order chi connectivity index (χ0) is 17.5. The highest BCUT2D eigenvalue weighted by atomic mass is 19.2. The minimum atomic E-state index is -1.02. The molecule has 0 bridgehead atoms. The van der Waals surface area contributed by atoms with Crippen LogP contribution in [0.1, 0.15) is 11.1 Å². The average molecular weight is 335 g/mol. The summed E-state index contributed by atoms with van der Waals surface area (Å²) in [5.41, 5.74) is 1.99. The molecule has 1 unspecified atom stereocenters. The summed E-state index contributed by atoms with van der Waals surface area (Å²) in [5.74, 6) is -2.09. The lowest BCUT2D eigenvalue weighted by molar-refractivity contribution is -0.121. The van der Waals surface area contributed by atoms with Gasteiger partial charge in [0.05, 0.1) is 6.42 Å². The first kappa shape index (κ1) is 17.9. The van der Waals surface area contributed by atoms with Crippen LogP contribution in [0.3, 0.4) is 0 Å². The van der Waals surface area contributed by atoms with Crippen molar-refractivity contribution in [3.8, 4) is 5.75 Å². The molecule has 2 aromatic carbocycles. The smallest absolute Gasteiger partial charge is 0.224 e. The Bertz CT molecular complexity index is 689. The predicted molar refractivity (Wildman–Crippen MR) is 85.8 cm³/mol. The van der Waals surface area contributed by atoms with Crippen molar-refractivity contribution in [2.75, 3.05) is 13.2 Å². The third-order valence-electron chi connectivity index (χ3n) is 3.35. The van der Waals surface area contributed by atoms with Gasteiger partial charge in [-0.1, -0.05) is 29.8 Å². The second-order valence-electron chi connectivity index (χ2n) is 5.51. The number of ether oxygens (including phenoxy) is 1. The van der Waals surface area contributed by atoms with Crippen LogP contribution in [0.4, 0.5) is 8.78 Å². The van der Waals surface area contributed by atoms with E-state index in [4.69, 9.17) is 4.74 Å². The molecule has 0 spiro atoms. The molecule has 128 valence electrons. The van der Waals surface area contributed by atoms with Crippen molar-refractivity contribution in [3.05, 3.63) is 65.2 Å². The molecule has 2 N–H and O–H groups in total. The van der Waals surface area contributed by atoms with Crippen molar-refractivity contribution in [3.63, 3.8) is 0 Å². The van der Waals surface area contributed by atoms with Crippen LogP contribution in [0, 0.1) is 18.6 Å². The van der Waals surface area contributed by atoms with Gasteiger partial charge in [0, 0.05) is 12.6 Å². The van der Waals surface area contributed by atoms with E-state index < -0.39 is 17.7 Å². The number of aliphatic hydroxyl groups is 1. The maximum atomic E-state index is 13.0. The van der Waals surface area contributed by atoms with Gasteiger partial charge in [-0.05, 0) is 24.6 Å². The Balaban J connectivity index is 1.72. The lowest BCUT2D eigenvalue weighted by atomic mass is 10.1. The van der Waals surface area contributed by atoms with Gasteiger partial charge in [0.1, 0.15) is 18.5 Å². The second kappa shape index (κ2) is 8.40. The average Bonchev–Trinajstić information content (AvgIpc) is 2.56. The Morgan fingerprint density at radius 1 is 1.17 bits per heavy atom. The molecule has 0 radical (unpaired) electrons. The van der Waals surface area contributed by atoms with Gasteiger partial charge < -0.3 is 15.2 Å². The van der Waals surface area contributed by atoms with E-state index in [0.29, 0.717) is 0 Å². The lowest BCUT2D eigenvalue weighted by Crippen LogP contribution is -2.36. The molecule has 0 fully saturated rings. The van der Waals surface area contributed by atoms with E-state index in [-0.39, 0.29) is 31.2 Å². The van der Waals surface area contributed by atoms with Gasteiger partial charge in [-0.2, -0.15) is 0 Å². The third kappa shape index (κ3) is 5.62. The van der Waals surface area contributed by atoms with E-state index in [2.05, 4.69) is 5.32 Å². The molecular weight excluding hydrogens is 316 g/mol. The highest BCUT2D eigenvalue weighted by Gasteiger charge is 2.10. The SMILES string of the molecule is Cc1ccc(CC(=O)NCC(O)COc2ccc(F)c(F)c2)cc1. The Kier molecular flexibility index (Phi) is 6.26. The first-order chi connectivity index (χ1) is 11.4. The number of amides is 1. The number of carbonyl (C=O) groups is 1. The fraction of sp³-hybridized carbons (Fsp3) is 0.278. The number of halogens is 2. The minimum Gasteiger partial charge on any atom is -0.491 e. The molecule has 0 aliphatic carbocycles. The highest BCUT2D eigenvalue weighted by molar-refractivity contribution is 5.78. The van der Waals surface area contributed by atoms with E-state index in [1.54, 1.807) is 0 Å². The molecule has 0 heterocycles. The Morgan fingerprint density at radius 3 is 2.54 bits per heavy atom. The lowest BCUT2D eigenvalue weighted by Gasteiger charge is -2.13. The molecule has 1 atom stereocenters. The maximum absolute atomic E-state index is 13.0. The molecule has 0 aliphatic rings. The third-order valence-corrected chi connectivity index (χ3v) is 3.35. The van der Waals surface area contributed by atoms with Gasteiger partial charge >= 0.3 is 0 Å².